The van der Waals surface area contributed by atoms with Crippen LogP contribution >= 0.6 is 0 Å². The largest absolute Gasteiger partial charge is 0.383 e. The van der Waals surface area contributed by atoms with Crippen molar-refractivity contribution in [3.63, 3.8) is 0 Å². The van der Waals surface area contributed by atoms with Crippen molar-refractivity contribution in [3.05, 3.63) is 6.92 Å². The van der Waals surface area contributed by atoms with E-state index in [0.717, 1.165) is 25.5 Å². The zero-order valence-corrected chi connectivity index (χ0v) is 8.80. The second kappa shape index (κ2) is 6.39. The van der Waals surface area contributed by atoms with Crippen LogP contribution in [0.15, 0.2) is 0 Å². The van der Waals surface area contributed by atoms with E-state index in [1.807, 2.05) is 0 Å². The van der Waals surface area contributed by atoms with Crippen LogP contribution in [0.25, 0.3) is 0 Å². The van der Waals surface area contributed by atoms with Gasteiger partial charge in [0, 0.05) is 13.7 Å². The van der Waals surface area contributed by atoms with Gasteiger partial charge in [-0.25, -0.2) is 0 Å². The Bertz CT molecular complexity index is 119. The highest BCUT2D eigenvalue weighted by molar-refractivity contribution is 4.72. The summed E-state index contributed by atoms with van der Waals surface area (Å²) < 4.78 is 5.07. The van der Waals surface area contributed by atoms with E-state index in [1.54, 1.807) is 7.11 Å². The van der Waals surface area contributed by atoms with Crippen LogP contribution < -0.4 is 0 Å². The summed E-state index contributed by atoms with van der Waals surface area (Å²) in [4.78, 5) is 2.50. The Balaban J connectivity index is 2.08. The number of hydrogen-bond acceptors (Lipinski definition) is 2. The molecule has 2 nitrogen and oxygen atoms in total. The number of methoxy groups -OCH3 is 1. The lowest BCUT2D eigenvalue weighted by molar-refractivity contribution is 0.118. The molecule has 0 aliphatic carbocycles. The van der Waals surface area contributed by atoms with Gasteiger partial charge in [-0.15, -0.1) is 0 Å². The molecule has 0 atom stereocenters. The minimum absolute atomic E-state index is 0.875. The van der Waals surface area contributed by atoms with Crippen molar-refractivity contribution in [2.45, 2.75) is 25.7 Å². The van der Waals surface area contributed by atoms with Gasteiger partial charge in [-0.2, -0.15) is 0 Å². The number of piperidine rings is 1. The van der Waals surface area contributed by atoms with E-state index < -0.39 is 0 Å². The third-order valence-electron chi connectivity index (χ3n) is 2.93. The standard InChI is InChI=1S/C11H22NO/c1-3-4-11-5-7-12(8-6-11)9-10-13-2/h11H,1,3-10H2,2H3. The predicted molar refractivity (Wildman–Crippen MR) is 55.6 cm³/mol. The van der Waals surface area contributed by atoms with Crippen LogP contribution in [-0.4, -0.2) is 38.3 Å². The molecule has 77 valence electrons. The van der Waals surface area contributed by atoms with E-state index in [0.29, 0.717) is 0 Å². The Kier molecular flexibility index (Phi) is 5.40. The van der Waals surface area contributed by atoms with E-state index in [9.17, 15) is 0 Å². The maximum Gasteiger partial charge on any atom is 0.0589 e. The number of nitrogens with zero attached hydrogens (tertiary/aromatic N) is 1. The average molecular weight is 184 g/mol. The van der Waals surface area contributed by atoms with Gasteiger partial charge in [0.25, 0.3) is 0 Å². The van der Waals surface area contributed by atoms with Crippen molar-refractivity contribution in [3.8, 4) is 0 Å². The Hall–Kier alpha value is -0.0800. The lowest BCUT2D eigenvalue weighted by Gasteiger charge is -2.31. The molecule has 2 heteroatoms. The van der Waals surface area contributed by atoms with Crippen molar-refractivity contribution in [2.24, 2.45) is 5.92 Å². The predicted octanol–water partition coefficient (Wildman–Crippen LogP) is 1.96. The van der Waals surface area contributed by atoms with Crippen molar-refractivity contribution in [1.82, 2.24) is 4.90 Å². The molecule has 0 N–H and O–H groups in total. The van der Waals surface area contributed by atoms with Crippen LogP contribution in [0.3, 0.4) is 0 Å². The monoisotopic (exact) mass is 184 g/mol. The molecule has 1 heterocycles. The zero-order valence-electron chi connectivity index (χ0n) is 8.80. The Morgan fingerprint density at radius 2 is 2.08 bits per heavy atom. The van der Waals surface area contributed by atoms with Crippen molar-refractivity contribution in [1.29, 1.82) is 0 Å². The first kappa shape index (κ1) is 11.0. The Morgan fingerprint density at radius 1 is 1.38 bits per heavy atom. The van der Waals surface area contributed by atoms with Gasteiger partial charge in [-0.1, -0.05) is 19.8 Å². The second-order valence-electron chi connectivity index (χ2n) is 3.92. The normalized spacial score (nSPS) is 20.8. The van der Waals surface area contributed by atoms with Crippen molar-refractivity contribution in [2.75, 3.05) is 33.4 Å². The molecule has 1 aliphatic heterocycles. The Labute approximate surface area is 82.3 Å². The minimum atomic E-state index is 0.875. The van der Waals surface area contributed by atoms with Crippen LogP contribution in [0.5, 0.6) is 0 Å². The van der Waals surface area contributed by atoms with E-state index in [4.69, 9.17) is 4.74 Å². The molecule has 1 radical (unpaired) electrons. The third kappa shape index (κ3) is 4.10. The highest BCUT2D eigenvalue weighted by atomic mass is 16.5. The molecule has 0 spiro atoms. The summed E-state index contributed by atoms with van der Waals surface area (Å²) >= 11 is 0. The number of likely N-dealkylation sites (tertiary alicyclic amines) is 1. The summed E-state index contributed by atoms with van der Waals surface area (Å²) in [6, 6.07) is 0. The average Bonchev–Trinajstić information content (AvgIpc) is 2.17. The molecule has 0 aromatic rings. The first-order chi connectivity index (χ1) is 6.36. The molecule has 13 heavy (non-hydrogen) atoms. The lowest BCUT2D eigenvalue weighted by atomic mass is 9.92. The molecule has 0 aromatic heterocycles. The molecule has 0 unspecified atom stereocenters. The molecule has 0 bridgehead atoms. The molecular weight excluding hydrogens is 162 g/mol. The highest BCUT2D eigenvalue weighted by Crippen LogP contribution is 2.21. The third-order valence-corrected chi connectivity index (χ3v) is 2.93. The fourth-order valence-corrected chi connectivity index (χ4v) is 2.01. The SMILES string of the molecule is [CH2]CCC1CCN(CCOC)CC1. The highest BCUT2D eigenvalue weighted by Gasteiger charge is 2.17. The van der Waals surface area contributed by atoms with Gasteiger partial charge in [0.15, 0.2) is 0 Å². The van der Waals surface area contributed by atoms with E-state index in [-0.39, 0.29) is 0 Å². The van der Waals surface area contributed by atoms with Gasteiger partial charge in [0.1, 0.15) is 0 Å². The van der Waals surface area contributed by atoms with Crippen molar-refractivity contribution < 1.29 is 4.74 Å². The van der Waals surface area contributed by atoms with Crippen LogP contribution in [0.1, 0.15) is 25.7 Å². The Morgan fingerprint density at radius 3 is 2.62 bits per heavy atom. The van der Waals surface area contributed by atoms with Crippen LogP contribution in [0.4, 0.5) is 0 Å². The number of hydrogen-bond donors (Lipinski definition) is 0. The lowest BCUT2D eigenvalue weighted by Crippen LogP contribution is -2.35. The maximum atomic E-state index is 5.07. The molecule has 0 aromatic carbocycles. The van der Waals surface area contributed by atoms with Gasteiger partial charge in [0.05, 0.1) is 6.61 Å². The summed E-state index contributed by atoms with van der Waals surface area (Å²) in [6.45, 7) is 8.41. The summed E-state index contributed by atoms with van der Waals surface area (Å²) in [5.41, 5.74) is 0. The minimum Gasteiger partial charge on any atom is -0.383 e. The van der Waals surface area contributed by atoms with Gasteiger partial charge in [-0.3, -0.25) is 0 Å². The number of rotatable bonds is 5. The van der Waals surface area contributed by atoms with E-state index >= 15 is 0 Å². The van der Waals surface area contributed by atoms with E-state index in [2.05, 4.69) is 11.8 Å². The summed E-state index contributed by atoms with van der Waals surface area (Å²) in [7, 11) is 1.77. The molecule has 0 saturated carbocycles. The van der Waals surface area contributed by atoms with Crippen LogP contribution in [-0.2, 0) is 4.74 Å². The molecule has 1 fully saturated rings. The quantitative estimate of drug-likeness (QED) is 0.647. The fourth-order valence-electron chi connectivity index (χ4n) is 2.01. The van der Waals surface area contributed by atoms with Gasteiger partial charge >= 0.3 is 0 Å². The molecular formula is C11H22NO. The summed E-state index contributed by atoms with van der Waals surface area (Å²) in [6.07, 6.45) is 5.14. The van der Waals surface area contributed by atoms with Gasteiger partial charge in [-0.05, 0) is 31.8 Å². The van der Waals surface area contributed by atoms with Crippen molar-refractivity contribution >= 4 is 0 Å². The molecule has 0 amide bonds. The number of ether oxygens (including phenoxy) is 1. The first-order valence-electron chi connectivity index (χ1n) is 5.37. The maximum absolute atomic E-state index is 5.07. The fraction of sp³-hybridized carbons (Fsp3) is 0.909. The molecule has 1 aliphatic rings. The topological polar surface area (TPSA) is 12.5 Å². The smallest absolute Gasteiger partial charge is 0.0589 e. The molecule has 1 saturated heterocycles. The van der Waals surface area contributed by atoms with Gasteiger partial charge in [0.2, 0.25) is 0 Å². The molecule has 1 rings (SSSR count). The zero-order chi connectivity index (χ0) is 9.52. The summed E-state index contributed by atoms with van der Waals surface area (Å²) in [5.74, 6) is 0.941. The van der Waals surface area contributed by atoms with Crippen LogP contribution in [0, 0.1) is 12.8 Å². The summed E-state index contributed by atoms with van der Waals surface area (Å²) in [5, 5.41) is 0. The van der Waals surface area contributed by atoms with Gasteiger partial charge < -0.3 is 9.64 Å². The first-order valence-corrected chi connectivity index (χ1v) is 5.37. The van der Waals surface area contributed by atoms with E-state index in [1.165, 1.54) is 32.4 Å². The second-order valence-corrected chi connectivity index (χ2v) is 3.92. The van der Waals surface area contributed by atoms with Crippen LogP contribution in [0.2, 0.25) is 0 Å².